The van der Waals surface area contributed by atoms with Crippen LogP contribution in [0.25, 0.3) is 0 Å². The van der Waals surface area contributed by atoms with E-state index in [4.69, 9.17) is 10.5 Å². The highest BCUT2D eigenvalue weighted by molar-refractivity contribution is 4.89. The second-order valence-electron chi connectivity index (χ2n) is 4.27. The second-order valence-corrected chi connectivity index (χ2v) is 4.27. The predicted molar refractivity (Wildman–Crippen MR) is 50.1 cm³/mol. The molecule has 0 radical (unpaired) electrons. The van der Waals surface area contributed by atoms with E-state index in [2.05, 4.69) is 19.2 Å². The van der Waals surface area contributed by atoms with Crippen molar-refractivity contribution in [1.82, 2.24) is 5.32 Å². The summed E-state index contributed by atoms with van der Waals surface area (Å²) in [6.45, 7) is 5.07. The summed E-state index contributed by atoms with van der Waals surface area (Å²) < 4.78 is 5.29. The molecule has 1 saturated carbocycles. The van der Waals surface area contributed by atoms with Gasteiger partial charge in [-0.05, 0) is 26.7 Å². The van der Waals surface area contributed by atoms with Crippen LogP contribution in [0.2, 0.25) is 0 Å². The molecule has 0 bridgehead atoms. The molecule has 12 heavy (non-hydrogen) atoms. The lowest BCUT2D eigenvalue weighted by atomic mass is 9.87. The molecule has 72 valence electrons. The van der Waals surface area contributed by atoms with Crippen LogP contribution < -0.4 is 11.1 Å². The van der Waals surface area contributed by atoms with E-state index in [9.17, 15) is 0 Å². The molecule has 0 spiro atoms. The number of ether oxygens (including phenoxy) is 1. The standard InChI is InChI=1S/C9H20N2O/c1-9(2,12-3)6-11-8-4-7(10)5-8/h7-8,11H,4-6,10H2,1-3H3. The lowest BCUT2D eigenvalue weighted by Gasteiger charge is -2.35. The first-order valence-electron chi connectivity index (χ1n) is 4.57. The molecule has 0 atom stereocenters. The lowest BCUT2D eigenvalue weighted by Crippen LogP contribution is -2.52. The van der Waals surface area contributed by atoms with Gasteiger partial charge in [-0.25, -0.2) is 0 Å². The summed E-state index contributed by atoms with van der Waals surface area (Å²) in [7, 11) is 1.74. The van der Waals surface area contributed by atoms with Crippen LogP contribution in [0.4, 0.5) is 0 Å². The average Bonchev–Trinajstić information content (AvgIpc) is 1.96. The SMILES string of the molecule is COC(C)(C)CNC1CC(N)C1. The van der Waals surface area contributed by atoms with Gasteiger partial charge in [0.05, 0.1) is 5.60 Å². The molecular weight excluding hydrogens is 152 g/mol. The number of methoxy groups -OCH3 is 1. The third-order valence-corrected chi connectivity index (χ3v) is 2.54. The minimum Gasteiger partial charge on any atom is -0.377 e. The third kappa shape index (κ3) is 2.73. The summed E-state index contributed by atoms with van der Waals surface area (Å²) >= 11 is 0. The molecule has 3 nitrogen and oxygen atoms in total. The molecule has 1 fully saturated rings. The van der Waals surface area contributed by atoms with Gasteiger partial charge in [-0.3, -0.25) is 0 Å². The first kappa shape index (κ1) is 9.96. The van der Waals surface area contributed by atoms with Crippen LogP contribution in [0, 0.1) is 0 Å². The molecule has 0 aromatic heterocycles. The van der Waals surface area contributed by atoms with Gasteiger partial charge in [0.25, 0.3) is 0 Å². The number of rotatable bonds is 4. The molecule has 1 aliphatic carbocycles. The molecule has 3 heteroatoms. The average molecular weight is 172 g/mol. The first-order valence-corrected chi connectivity index (χ1v) is 4.57. The van der Waals surface area contributed by atoms with E-state index in [1.807, 2.05) is 0 Å². The Hall–Kier alpha value is -0.120. The van der Waals surface area contributed by atoms with Crippen molar-refractivity contribution in [2.75, 3.05) is 13.7 Å². The summed E-state index contributed by atoms with van der Waals surface area (Å²) in [5.41, 5.74) is 5.61. The molecule has 0 aromatic carbocycles. The van der Waals surface area contributed by atoms with Crippen LogP contribution in [0.5, 0.6) is 0 Å². The van der Waals surface area contributed by atoms with Crippen molar-refractivity contribution in [3.8, 4) is 0 Å². The van der Waals surface area contributed by atoms with Crippen LogP contribution in [0.15, 0.2) is 0 Å². The third-order valence-electron chi connectivity index (χ3n) is 2.54. The fraction of sp³-hybridized carbons (Fsp3) is 1.00. The van der Waals surface area contributed by atoms with Crippen LogP contribution in [-0.4, -0.2) is 31.3 Å². The van der Waals surface area contributed by atoms with E-state index < -0.39 is 0 Å². The zero-order chi connectivity index (χ0) is 9.19. The molecule has 0 aliphatic heterocycles. The number of hydrogen-bond donors (Lipinski definition) is 2. The van der Waals surface area contributed by atoms with Gasteiger partial charge in [0.2, 0.25) is 0 Å². The van der Waals surface area contributed by atoms with Gasteiger partial charge >= 0.3 is 0 Å². The zero-order valence-corrected chi connectivity index (χ0v) is 8.26. The smallest absolute Gasteiger partial charge is 0.0746 e. The number of nitrogens with one attached hydrogen (secondary N) is 1. The monoisotopic (exact) mass is 172 g/mol. The van der Waals surface area contributed by atoms with Gasteiger partial charge < -0.3 is 15.8 Å². The highest BCUT2D eigenvalue weighted by atomic mass is 16.5. The Bertz CT molecular complexity index is 141. The van der Waals surface area contributed by atoms with E-state index in [-0.39, 0.29) is 5.60 Å². The number of hydrogen-bond acceptors (Lipinski definition) is 3. The van der Waals surface area contributed by atoms with Crippen LogP contribution in [0.1, 0.15) is 26.7 Å². The Labute approximate surface area is 74.7 Å². The molecule has 0 aromatic rings. The maximum Gasteiger partial charge on any atom is 0.0746 e. The van der Waals surface area contributed by atoms with Gasteiger partial charge in [0.1, 0.15) is 0 Å². The quantitative estimate of drug-likeness (QED) is 0.649. The van der Waals surface area contributed by atoms with Crippen LogP contribution in [-0.2, 0) is 4.74 Å². The molecule has 0 heterocycles. The van der Waals surface area contributed by atoms with Crippen molar-refractivity contribution < 1.29 is 4.74 Å². The van der Waals surface area contributed by atoms with E-state index in [0.717, 1.165) is 19.4 Å². The molecule has 0 saturated heterocycles. The molecule has 3 N–H and O–H groups in total. The fourth-order valence-electron chi connectivity index (χ4n) is 1.29. The summed E-state index contributed by atoms with van der Waals surface area (Å²) in [5, 5.41) is 3.44. The highest BCUT2D eigenvalue weighted by Gasteiger charge is 2.27. The van der Waals surface area contributed by atoms with Crippen LogP contribution >= 0.6 is 0 Å². The van der Waals surface area contributed by atoms with Crippen LogP contribution in [0.3, 0.4) is 0 Å². The molecule has 0 unspecified atom stereocenters. The summed E-state index contributed by atoms with van der Waals surface area (Å²) in [4.78, 5) is 0. The molecule has 1 rings (SSSR count). The summed E-state index contributed by atoms with van der Waals surface area (Å²) in [5.74, 6) is 0. The van der Waals surface area contributed by atoms with Gasteiger partial charge in [0.15, 0.2) is 0 Å². The first-order chi connectivity index (χ1) is 5.53. The van der Waals surface area contributed by atoms with Crippen molar-refractivity contribution in [2.45, 2.75) is 44.4 Å². The Balaban J connectivity index is 2.10. The van der Waals surface area contributed by atoms with Gasteiger partial charge in [-0.15, -0.1) is 0 Å². The van der Waals surface area contributed by atoms with Crippen molar-refractivity contribution >= 4 is 0 Å². The van der Waals surface area contributed by atoms with E-state index in [0.29, 0.717) is 12.1 Å². The summed E-state index contributed by atoms with van der Waals surface area (Å²) in [6.07, 6.45) is 2.22. The Morgan fingerprint density at radius 2 is 2.08 bits per heavy atom. The normalized spacial score (nSPS) is 30.0. The van der Waals surface area contributed by atoms with Crippen molar-refractivity contribution in [3.05, 3.63) is 0 Å². The minimum atomic E-state index is -0.0559. The van der Waals surface area contributed by atoms with Gasteiger partial charge in [0, 0.05) is 25.7 Å². The predicted octanol–water partition coefficient (Wildman–Crippen LogP) is 0.491. The largest absolute Gasteiger partial charge is 0.377 e. The highest BCUT2D eigenvalue weighted by Crippen LogP contribution is 2.18. The number of nitrogens with two attached hydrogens (primary N) is 1. The van der Waals surface area contributed by atoms with E-state index >= 15 is 0 Å². The zero-order valence-electron chi connectivity index (χ0n) is 8.26. The fourth-order valence-corrected chi connectivity index (χ4v) is 1.29. The van der Waals surface area contributed by atoms with Gasteiger partial charge in [-0.1, -0.05) is 0 Å². The van der Waals surface area contributed by atoms with E-state index in [1.165, 1.54) is 0 Å². The van der Waals surface area contributed by atoms with Gasteiger partial charge in [-0.2, -0.15) is 0 Å². The maximum absolute atomic E-state index is 5.67. The maximum atomic E-state index is 5.67. The topological polar surface area (TPSA) is 47.3 Å². The minimum absolute atomic E-state index is 0.0559. The Morgan fingerprint density at radius 1 is 1.50 bits per heavy atom. The molecular formula is C9H20N2O. The molecule has 0 amide bonds. The van der Waals surface area contributed by atoms with Crippen molar-refractivity contribution in [3.63, 3.8) is 0 Å². The van der Waals surface area contributed by atoms with Crippen molar-refractivity contribution in [2.24, 2.45) is 5.73 Å². The Kier molecular flexibility index (Phi) is 3.09. The summed E-state index contributed by atoms with van der Waals surface area (Å²) in [6, 6.07) is 1.04. The van der Waals surface area contributed by atoms with E-state index in [1.54, 1.807) is 7.11 Å². The lowest BCUT2D eigenvalue weighted by molar-refractivity contribution is 0.0181. The Morgan fingerprint density at radius 3 is 2.50 bits per heavy atom. The molecule has 1 aliphatic rings. The second kappa shape index (κ2) is 3.73. The van der Waals surface area contributed by atoms with Crippen molar-refractivity contribution in [1.29, 1.82) is 0 Å².